The Balaban J connectivity index is 1.27. The highest BCUT2D eigenvalue weighted by molar-refractivity contribution is 7.99. The molecular formula is C21H27N9OS. The number of rotatable bonds is 8. The molecule has 5 rings (SSSR count). The predicted octanol–water partition coefficient (Wildman–Crippen LogP) is 3.06. The molecule has 2 N–H and O–H groups in total. The first-order valence-electron chi connectivity index (χ1n) is 10.9. The van der Waals surface area contributed by atoms with Crippen LogP contribution in [0.4, 0.5) is 11.8 Å². The quantitative estimate of drug-likeness (QED) is 0.317. The summed E-state index contributed by atoms with van der Waals surface area (Å²) >= 11 is 1.71. The Hall–Kier alpha value is -3.08. The van der Waals surface area contributed by atoms with Crippen molar-refractivity contribution in [3.63, 3.8) is 0 Å². The zero-order valence-corrected chi connectivity index (χ0v) is 18.9. The number of hydrogen-bond acceptors (Lipinski definition) is 9. The number of nitrogens with zero attached hydrogens (tertiary/aromatic N) is 8. The van der Waals surface area contributed by atoms with Gasteiger partial charge in [-0.3, -0.25) is 4.57 Å². The van der Waals surface area contributed by atoms with E-state index in [-0.39, 0.29) is 0 Å². The molecular weight excluding hydrogens is 426 g/mol. The molecule has 10 nitrogen and oxygen atoms in total. The number of fused-ring (bicyclic) bond motifs is 1. The van der Waals surface area contributed by atoms with E-state index in [1.807, 2.05) is 16.7 Å². The lowest BCUT2D eigenvalue weighted by molar-refractivity contribution is 0.427. The lowest BCUT2D eigenvalue weighted by Crippen LogP contribution is -2.35. The highest BCUT2D eigenvalue weighted by atomic mass is 32.2. The first kappa shape index (κ1) is 20.8. The largest absolute Gasteiger partial charge is 0.467 e. The first-order valence-corrected chi connectivity index (χ1v) is 11.9. The second-order valence-electron chi connectivity index (χ2n) is 8.19. The Morgan fingerprint density at radius 2 is 2.06 bits per heavy atom. The summed E-state index contributed by atoms with van der Waals surface area (Å²) in [7, 11) is 0. The number of furan rings is 1. The fourth-order valence-corrected chi connectivity index (χ4v) is 4.84. The minimum Gasteiger partial charge on any atom is -0.467 e. The van der Waals surface area contributed by atoms with Crippen molar-refractivity contribution < 1.29 is 4.42 Å². The van der Waals surface area contributed by atoms with E-state index in [9.17, 15) is 0 Å². The van der Waals surface area contributed by atoms with Gasteiger partial charge < -0.3 is 19.6 Å². The van der Waals surface area contributed by atoms with Gasteiger partial charge in [0.2, 0.25) is 5.95 Å². The van der Waals surface area contributed by atoms with Crippen molar-refractivity contribution in [2.45, 2.75) is 44.4 Å². The maximum absolute atomic E-state index is 5.88. The van der Waals surface area contributed by atoms with Gasteiger partial charge in [0.1, 0.15) is 17.6 Å². The summed E-state index contributed by atoms with van der Waals surface area (Å²) in [6, 6.07) is 3.91. The van der Waals surface area contributed by atoms with E-state index in [2.05, 4.69) is 41.5 Å². The average Bonchev–Trinajstić information content (AvgIpc) is 3.54. The van der Waals surface area contributed by atoms with E-state index in [4.69, 9.17) is 10.2 Å². The average molecular weight is 454 g/mol. The zero-order chi connectivity index (χ0) is 21.9. The van der Waals surface area contributed by atoms with E-state index in [0.29, 0.717) is 17.9 Å². The van der Waals surface area contributed by atoms with Crippen LogP contribution < -0.4 is 10.6 Å². The first-order chi connectivity index (χ1) is 15.7. The normalized spacial score (nSPS) is 15.1. The van der Waals surface area contributed by atoms with Gasteiger partial charge in [-0.05, 0) is 37.3 Å². The lowest BCUT2D eigenvalue weighted by atomic mass is 10.00. The third-order valence-electron chi connectivity index (χ3n) is 5.86. The number of imidazole rings is 1. The number of aromatic nitrogens is 7. The summed E-state index contributed by atoms with van der Waals surface area (Å²) in [5, 5.41) is 9.99. The van der Waals surface area contributed by atoms with Gasteiger partial charge in [-0.15, -0.1) is 10.2 Å². The van der Waals surface area contributed by atoms with Crippen LogP contribution >= 0.6 is 11.8 Å². The molecule has 5 heterocycles. The maximum Gasteiger partial charge on any atom is 0.228 e. The van der Waals surface area contributed by atoms with E-state index < -0.39 is 0 Å². The van der Waals surface area contributed by atoms with Gasteiger partial charge in [0.15, 0.2) is 16.6 Å². The van der Waals surface area contributed by atoms with Gasteiger partial charge in [0, 0.05) is 25.4 Å². The number of piperidine rings is 1. The van der Waals surface area contributed by atoms with Crippen LogP contribution in [-0.2, 0) is 13.1 Å². The standard InChI is InChI=1S/C21H27N9OS/c1-15-5-8-28(9-6-15)20-26-27-21(30(20)12-16-4-2-10-31-16)32-11-3-7-29-14-25-17-18(22)23-13-24-19(17)29/h2,4,10,13-15H,3,5-9,11-12H2,1H3,(H2,22,23,24). The zero-order valence-electron chi connectivity index (χ0n) is 18.1. The van der Waals surface area contributed by atoms with Gasteiger partial charge in [-0.25, -0.2) is 15.0 Å². The second-order valence-corrected chi connectivity index (χ2v) is 9.25. The van der Waals surface area contributed by atoms with Crippen LogP contribution in [0.2, 0.25) is 0 Å². The van der Waals surface area contributed by atoms with Gasteiger partial charge in [0.05, 0.1) is 19.1 Å². The van der Waals surface area contributed by atoms with Crippen molar-refractivity contribution in [2.75, 3.05) is 29.5 Å². The lowest BCUT2D eigenvalue weighted by Gasteiger charge is -2.31. The smallest absolute Gasteiger partial charge is 0.228 e. The molecule has 11 heteroatoms. The minimum atomic E-state index is 0.411. The van der Waals surface area contributed by atoms with Gasteiger partial charge >= 0.3 is 0 Å². The number of thioether (sulfide) groups is 1. The summed E-state index contributed by atoms with van der Waals surface area (Å²) in [5.41, 5.74) is 7.30. The SMILES string of the molecule is CC1CCN(c2nnc(SCCCn3cnc4c(N)ncnc43)n2Cc2ccco2)CC1. The molecule has 32 heavy (non-hydrogen) atoms. The second kappa shape index (κ2) is 9.19. The molecule has 0 atom stereocenters. The van der Waals surface area contributed by atoms with Crippen molar-refractivity contribution in [1.82, 2.24) is 34.3 Å². The van der Waals surface area contributed by atoms with Crippen molar-refractivity contribution in [3.05, 3.63) is 36.8 Å². The van der Waals surface area contributed by atoms with Crippen LogP contribution in [0.3, 0.4) is 0 Å². The van der Waals surface area contributed by atoms with Crippen LogP contribution in [-0.4, -0.2) is 53.1 Å². The molecule has 1 aliphatic rings. The fraction of sp³-hybridized carbons (Fsp3) is 0.476. The van der Waals surface area contributed by atoms with Crippen molar-refractivity contribution >= 4 is 34.7 Å². The van der Waals surface area contributed by atoms with Crippen LogP contribution in [0.5, 0.6) is 0 Å². The Bertz CT molecular complexity index is 1160. The van der Waals surface area contributed by atoms with Crippen LogP contribution in [0.25, 0.3) is 11.2 Å². The third kappa shape index (κ3) is 4.29. The van der Waals surface area contributed by atoms with Crippen LogP contribution in [0.15, 0.2) is 40.6 Å². The Morgan fingerprint density at radius 3 is 2.88 bits per heavy atom. The molecule has 0 spiro atoms. The number of nitrogen functional groups attached to an aromatic ring is 1. The maximum atomic E-state index is 5.88. The van der Waals surface area contributed by atoms with Gasteiger partial charge in [-0.2, -0.15) is 0 Å². The summed E-state index contributed by atoms with van der Waals surface area (Å²) in [6.07, 6.45) is 8.26. The summed E-state index contributed by atoms with van der Waals surface area (Å²) in [6.45, 7) is 5.77. The third-order valence-corrected chi connectivity index (χ3v) is 6.91. The van der Waals surface area contributed by atoms with Gasteiger partial charge in [-0.1, -0.05) is 18.7 Å². The van der Waals surface area contributed by atoms with E-state index in [1.165, 1.54) is 19.2 Å². The Kier molecular flexibility index (Phi) is 5.97. The molecule has 0 aliphatic carbocycles. The van der Waals surface area contributed by atoms with Crippen molar-refractivity contribution in [3.8, 4) is 0 Å². The Morgan fingerprint density at radius 1 is 1.19 bits per heavy atom. The molecule has 1 aliphatic heterocycles. The van der Waals surface area contributed by atoms with Crippen LogP contribution in [0, 0.1) is 5.92 Å². The molecule has 0 amide bonds. The number of anilines is 2. The molecule has 4 aromatic heterocycles. The number of aryl methyl sites for hydroxylation is 1. The molecule has 1 saturated heterocycles. The molecule has 0 aromatic carbocycles. The van der Waals surface area contributed by atoms with E-state index >= 15 is 0 Å². The van der Waals surface area contributed by atoms with Crippen molar-refractivity contribution in [1.29, 1.82) is 0 Å². The van der Waals surface area contributed by atoms with Crippen molar-refractivity contribution in [2.24, 2.45) is 5.92 Å². The van der Waals surface area contributed by atoms with Crippen LogP contribution in [0.1, 0.15) is 31.9 Å². The Labute approximate surface area is 190 Å². The highest BCUT2D eigenvalue weighted by Crippen LogP contribution is 2.27. The molecule has 168 valence electrons. The predicted molar refractivity (Wildman–Crippen MR) is 124 cm³/mol. The molecule has 0 saturated carbocycles. The summed E-state index contributed by atoms with van der Waals surface area (Å²) < 4.78 is 9.81. The summed E-state index contributed by atoms with van der Waals surface area (Å²) in [4.78, 5) is 15.0. The fourth-order valence-electron chi connectivity index (χ4n) is 3.99. The number of nitrogens with two attached hydrogens (primary N) is 1. The molecule has 0 bridgehead atoms. The molecule has 4 aromatic rings. The molecule has 1 fully saturated rings. The van der Waals surface area contributed by atoms with E-state index in [0.717, 1.165) is 60.2 Å². The topological polar surface area (TPSA) is 117 Å². The molecule has 0 radical (unpaired) electrons. The van der Waals surface area contributed by atoms with Gasteiger partial charge in [0.25, 0.3) is 0 Å². The highest BCUT2D eigenvalue weighted by Gasteiger charge is 2.23. The molecule has 0 unspecified atom stereocenters. The number of hydrogen-bond donors (Lipinski definition) is 1. The van der Waals surface area contributed by atoms with E-state index in [1.54, 1.807) is 24.4 Å². The summed E-state index contributed by atoms with van der Waals surface area (Å²) in [5.74, 6) is 3.91. The minimum absolute atomic E-state index is 0.411. The monoisotopic (exact) mass is 453 g/mol.